The van der Waals surface area contributed by atoms with Gasteiger partial charge in [-0.3, -0.25) is 4.90 Å². The van der Waals surface area contributed by atoms with Gasteiger partial charge in [0.05, 0.1) is 0 Å². The van der Waals surface area contributed by atoms with Crippen molar-refractivity contribution >= 4 is 5.69 Å². The van der Waals surface area contributed by atoms with Gasteiger partial charge in [-0.2, -0.15) is 0 Å². The van der Waals surface area contributed by atoms with Crippen molar-refractivity contribution in [3.63, 3.8) is 0 Å². The number of hydrogen-bond donors (Lipinski definition) is 1. The smallest absolute Gasteiger partial charge is 0.123 e. The monoisotopic (exact) mass is 242 g/mol. The second-order valence-corrected chi connectivity index (χ2v) is 4.76. The first-order chi connectivity index (χ1) is 8.72. The summed E-state index contributed by atoms with van der Waals surface area (Å²) in [5.41, 5.74) is 10.1. The number of fused-ring (bicyclic) bond motifs is 1. The van der Waals surface area contributed by atoms with Crippen molar-refractivity contribution in [3.8, 4) is 0 Å². The zero-order valence-corrected chi connectivity index (χ0v) is 10.1. The topological polar surface area (TPSA) is 29.3 Å². The standard InChI is InChI=1S/C15H15FN2/c16-14-5-6-15(17)13(7-14)10-18-8-11-3-1-2-4-12(11)9-18/h1-7H,8-10,17H2. The van der Waals surface area contributed by atoms with E-state index in [1.54, 1.807) is 6.07 Å². The maximum absolute atomic E-state index is 13.2. The van der Waals surface area contributed by atoms with Crippen LogP contribution in [0.15, 0.2) is 42.5 Å². The summed E-state index contributed by atoms with van der Waals surface area (Å²) in [7, 11) is 0. The molecule has 2 aromatic carbocycles. The molecule has 0 aliphatic carbocycles. The summed E-state index contributed by atoms with van der Waals surface area (Å²) < 4.78 is 13.2. The number of hydrogen-bond acceptors (Lipinski definition) is 2. The number of rotatable bonds is 2. The van der Waals surface area contributed by atoms with E-state index in [1.807, 2.05) is 0 Å². The highest BCUT2D eigenvalue weighted by molar-refractivity contribution is 5.47. The van der Waals surface area contributed by atoms with E-state index >= 15 is 0 Å². The summed E-state index contributed by atoms with van der Waals surface area (Å²) >= 11 is 0. The van der Waals surface area contributed by atoms with Crippen molar-refractivity contribution in [2.75, 3.05) is 5.73 Å². The molecule has 0 unspecified atom stereocenters. The van der Waals surface area contributed by atoms with Gasteiger partial charge in [0.25, 0.3) is 0 Å². The van der Waals surface area contributed by atoms with E-state index in [4.69, 9.17) is 5.73 Å². The predicted molar refractivity (Wildman–Crippen MR) is 70.2 cm³/mol. The second kappa shape index (κ2) is 4.42. The summed E-state index contributed by atoms with van der Waals surface area (Å²) in [6.07, 6.45) is 0. The Bertz CT molecular complexity index is 555. The van der Waals surface area contributed by atoms with Gasteiger partial charge in [0.1, 0.15) is 5.82 Å². The molecule has 0 saturated carbocycles. The molecule has 0 aromatic heterocycles. The van der Waals surface area contributed by atoms with Gasteiger partial charge in [-0.05, 0) is 34.9 Å². The Morgan fingerprint density at radius 2 is 1.72 bits per heavy atom. The molecule has 92 valence electrons. The molecule has 0 saturated heterocycles. The van der Waals surface area contributed by atoms with E-state index in [2.05, 4.69) is 29.2 Å². The number of anilines is 1. The van der Waals surface area contributed by atoms with Crippen molar-refractivity contribution < 1.29 is 4.39 Å². The molecule has 0 atom stereocenters. The molecule has 0 fully saturated rings. The SMILES string of the molecule is Nc1ccc(F)cc1CN1Cc2ccccc2C1. The third-order valence-electron chi connectivity index (χ3n) is 3.41. The van der Waals surface area contributed by atoms with Gasteiger partial charge in [0.15, 0.2) is 0 Å². The third-order valence-corrected chi connectivity index (χ3v) is 3.41. The molecule has 3 rings (SSSR count). The van der Waals surface area contributed by atoms with Crippen LogP contribution in [0.2, 0.25) is 0 Å². The van der Waals surface area contributed by atoms with Gasteiger partial charge in [0, 0.05) is 25.3 Å². The van der Waals surface area contributed by atoms with Crippen molar-refractivity contribution in [1.29, 1.82) is 0 Å². The lowest BCUT2D eigenvalue weighted by atomic mass is 10.1. The molecule has 0 bridgehead atoms. The van der Waals surface area contributed by atoms with Crippen LogP contribution >= 0.6 is 0 Å². The first-order valence-corrected chi connectivity index (χ1v) is 6.05. The molecular formula is C15H15FN2. The molecule has 1 aliphatic rings. The fourth-order valence-electron chi connectivity index (χ4n) is 2.47. The van der Waals surface area contributed by atoms with Gasteiger partial charge in [-0.25, -0.2) is 4.39 Å². The molecule has 0 amide bonds. The van der Waals surface area contributed by atoms with Crippen LogP contribution < -0.4 is 5.73 Å². The maximum Gasteiger partial charge on any atom is 0.123 e. The molecule has 1 aliphatic heterocycles. The zero-order valence-electron chi connectivity index (χ0n) is 10.1. The Labute approximate surface area is 106 Å². The number of halogens is 1. The van der Waals surface area contributed by atoms with E-state index in [-0.39, 0.29) is 5.82 Å². The van der Waals surface area contributed by atoms with Crippen LogP contribution in [0.1, 0.15) is 16.7 Å². The second-order valence-electron chi connectivity index (χ2n) is 4.76. The highest BCUT2D eigenvalue weighted by Gasteiger charge is 2.18. The van der Waals surface area contributed by atoms with Crippen LogP contribution in [0.25, 0.3) is 0 Å². The van der Waals surface area contributed by atoms with Gasteiger partial charge in [0.2, 0.25) is 0 Å². The number of benzene rings is 2. The Morgan fingerprint density at radius 1 is 1.06 bits per heavy atom. The highest BCUT2D eigenvalue weighted by Crippen LogP contribution is 2.25. The lowest BCUT2D eigenvalue weighted by Crippen LogP contribution is -2.16. The molecule has 1 heterocycles. The molecule has 0 spiro atoms. The Morgan fingerprint density at radius 3 is 2.39 bits per heavy atom. The summed E-state index contributed by atoms with van der Waals surface area (Å²) in [5, 5.41) is 0. The molecule has 3 heteroatoms. The zero-order chi connectivity index (χ0) is 12.5. The summed E-state index contributed by atoms with van der Waals surface area (Å²) in [5.74, 6) is -0.226. The summed E-state index contributed by atoms with van der Waals surface area (Å²) in [6.45, 7) is 2.51. The lowest BCUT2D eigenvalue weighted by molar-refractivity contribution is 0.275. The van der Waals surface area contributed by atoms with Crippen molar-refractivity contribution in [1.82, 2.24) is 4.90 Å². The van der Waals surface area contributed by atoms with Gasteiger partial charge in [-0.1, -0.05) is 24.3 Å². The fraction of sp³-hybridized carbons (Fsp3) is 0.200. The van der Waals surface area contributed by atoms with Gasteiger partial charge in [-0.15, -0.1) is 0 Å². The molecule has 2 nitrogen and oxygen atoms in total. The Balaban J connectivity index is 1.78. The van der Waals surface area contributed by atoms with E-state index < -0.39 is 0 Å². The van der Waals surface area contributed by atoms with Gasteiger partial charge >= 0.3 is 0 Å². The largest absolute Gasteiger partial charge is 0.398 e. The Kier molecular flexibility index (Phi) is 2.76. The third kappa shape index (κ3) is 2.09. The van der Waals surface area contributed by atoms with E-state index in [9.17, 15) is 4.39 Å². The minimum Gasteiger partial charge on any atom is -0.398 e. The van der Waals surface area contributed by atoms with Crippen LogP contribution in [0, 0.1) is 5.82 Å². The quantitative estimate of drug-likeness (QED) is 0.820. The summed E-state index contributed by atoms with van der Waals surface area (Å²) in [6, 6.07) is 13.0. The van der Waals surface area contributed by atoms with Crippen molar-refractivity contribution in [2.24, 2.45) is 0 Å². The number of nitrogens with two attached hydrogens (primary N) is 1. The molecule has 2 aromatic rings. The number of nitrogens with zero attached hydrogens (tertiary/aromatic N) is 1. The normalized spacial score (nSPS) is 14.7. The van der Waals surface area contributed by atoms with Crippen LogP contribution in [0.3, 0.4) is 0 Å². The van der Waals surface area contributed by atoms with Crippen LogP contribution in [0.5, 0.6) is 0 Å². The fourth-order valence-corrected chi connectivity index (χ4v) is 2.47. The molecule has 0 radical (unpaired) electrons. The average Bonchev–Trinajstić information content (AvgIpc) is 2.76. The minimum atomic E-state index is -0.226. The van der Waals surface area contributed by atoms with E-state index in [0.717, 1.165) is 18.7 Å². The average molecular weight is 242 g/mol. The summed E-state index contributed by atoms with van der Waals surface area (Å²) in [4.78, 5) is 2.27. The lowest BCUT2D eigenvalue weighted by Gasteiger charge is -2.16. The van der Waals surface area contributed by atoms with Crippen LogP contribution in [-0.2, 0) is 19.6 Å². The van der Waals surface area contributed by atoms with Crippen LogP contribution in [0.4, 0.5) is 10.1 Å². The van der Waals surface area contributed by atoms with E-state index in [0.29, 0.717) is 12.2 Å². The molecule has 18 heavy (non-hydrogen) atoms. The molecular weight excluding hydrogens is 227 g/mol. The predicted octanol–water partition coefficient (Wildman–Crippen LogP) is 2.92. The van der Waals surface area contributed by atoms with Gasteiger partial charge < -0.3 is 5.73 Å². The van der Waals surface area contributed by atoms with E-state index in [1.165, 1.54) is 23.3 Å². The first-order valence-electron chi connectivity index (χ1n) is 6.05. The molecule has 2 N–H and O–H groups in total. The van der Waals surface area contributed by atoms with Crippen molar-refractivity contribution in [2.45, 2.75) is 19.6 Å². The van der Waals surface area contributed by atoms with Crippen molar-refractivity contribution in [3.05, 3.63) is 65.0 Å². The number of nitrogen functional groups attached to an aromatic ring is 1. The highest BCUT2D eigenvalue weighted by atomic mass is 19.1. The van der Waals surface area contributed by atoms with Crippen LogP contribution in [-0.4, -0.2) is 4.90 Å². The minimum absolute atomic E-state index is 0.226. The maximum atomic E-state index is 13.2. The Hall–Kier alpha value is -1.87. The first kappa shape index (κ1) is 11.2.